The number of hydrogen-bond donors (Lipinski definition) is 3. The Morgan fingerprint density at radius 1 is 1.15 bits per heavy atom. The molecule has 178 valence electrons. The number of β-amino-alcohol motifs (C(OH)–C–C–N with tert-alkyl or cyclic N) is 1. The molecule has 7 nitrogen and oxygen atoms in total. The molecule has 2 unspecified atom stereocenters. The van der Waals surface area contributed by atoms with Crippen LogP contribution in [0.15, 0.2) is 24.3 Å². The molecule has 2 aliphatic heterocycles. The SMILES string of the molecule is CCOc1cc(F)c(N2CCC(O)(COc3ccc(F)c4c3CCC(=O)N4)C(O)C2)c(F)c1. The molecule has 2 atom stereocenters. The maximum atomic E-state index is 14.5. The molecule has 0 saturated carbocycles. The first-order valence-corrected chi connectivity index (χ1v) is 10.7. The van der Waals surface area contributed by atoms with Gasteiger partial charge in [0, 0.05) is 37.2 Å². The van der Waals surface area contributed by atoms with Crippen molar-refractivity contribution < 1.29 is 37.7 Å². The number of nitrogens with zero attached hydrogens (tertiary/aromatic N) is 1. The Hall–Kier alpha value is -2.98. The highest BCUT2D eigenvalue weighted by atomic mass is 19.1. The van der Waals surface area contributed by atoms with E-state index in [4.69, 9.17) is 9.47 Å². The molecule has 0 radical (unpaired) electrons. The first-order chi connectivity index (χ1) is 15.7. The minimum atomic E-state index is -1.69. The Bertz CT molecular complexity index is 1040. The number of amides is 1. The molecule has 0 bridgehead atoms. The van der Waals surface area contributed by atoms with Crippen LogP contribution in [-0.2, 0) is 11.2 Å². The Morgan fingerprint density at radius 2 is 1.88 bits per heavy atom. The van der Waals surface area contributed by atoms with Crippen molar-refractivity contribution in [3.8, 4) is 11.5 Å². The molecule has 1 fully saturated rings. The van der Waals surface area contributed by atoms with Crippen LogP contribution in [0.5, 0.6) is 11.5 Å². The summed E-state index contributed by atoms with van der Waals surface area (Å²) >= 11 is 0. The Labute approximate surface area is 188 Å². The zero-order chi connectivity index (χ0) is 23.8. The van der Waals surface area contributed by atoms with Crippen molar-refractivity contribution in [2.45, 2.75) is 37.9 Å². The van der Waals surface area contributed by atoms with E-state index < -0.39 is 29.2 Å². The predicted octanol–water partition coefficient (Wildman–Crippen LogP) is 2.77. The van der Waals surface area contributed by atoms with Crippen LogP contribution in [0.1, 0.15) is 25.3 Å². The van der Waals surface area contributed by atoms with Crippen LogP contribution in [0, 0.1) is 17.5 Å². The van der Waals surface area contributed by atoms with E-state index in [9.17, 15) is 28.2 Å². The monoisotopic (exact) mass is 466 g/mol. The standard InChI is InChI=1S/C23H25F3N2O5/c1-2-32-13-9-16(25)22(17(26)10-13)28-8-7-23(31,19(29)11-28)12-33-18-5-4-15(24)21-14(18)3-6-20(30)27-21/h4-5,9-10,19,29,31H,2-3,6-8,11-12H2,1H3,(H,27,30). The number of carbonyl (C=O) groups excluding carboxylic acids is 1. The molecule has 3 N–H and O–H groups in total. The average molecular weight is 466 g/mol. The van der Waals surface area contributed by atoms with Crippen molar-refractivity contribution in [3.05, 3.63) is 47.3 Å². The molecule has 1 saturated heterocycles. The molecule has 2 aromatic carbocycles. The summed E-state index contributed by atoms with van der Waals surface area (Å²) in [4.78, 5) is 12.9. The number of aliphatic hydroxyl groups is 2. The van der Waals surface area contributed by atoms with Crippen molar-refractivity contribution in [1.29, 1.82) is 0 Å². The van der Waals surface area contributed by atoms with Gasteiger partial charge in [-0.15, -0.1) is 0 Å². The lowest BCUT2D eigenvalue weighted by molar-refractivity contribution is -0.116. The van der Waals surface area contributed by atoms with Gasteiger partial charge in [0.05, 0.1) is 12.3 Å². The van der Waals surface area contributed by atoms with E-state index in [0.29, 0.717) is 5.56 Å². The smallest absolute Gasteiger partial charge is 0.224 e. The van der Waals surface area contributed by atoms with Crippen LogP contribution in [-0.4, -0.2) is 54.1 Å². The van der Waals surface area contributed by atoms with E-state index in [1.54, 1.807) is 6.92 Å². The van der Waals surface area contributed by atoms with E-state index in [1.165, 1.54) is 11.0 Å². The lowest BCUT2D eigenvalue weighted by Crippen LogP contribution is -2.58. The van der Waals surface area contributed by atoms with E-state index >= 15 is 0 Å². The predicted molar refractivity (Wildman–Crippen MR) is 114 cm³/mol. The summed E-state index contributed by atoms with van der Waals surface area (Å²) in [5, 5.41) is 24.1. The van der Waals surface area contributed by atoms with Crippen LogP contribution in [0.25, 0.3) is 0 Å². The summed E-state index contributed by atoms with van der Waals surface area (Å²) in [5.41, 5.74) is -1.46. The minimum Gasteiger partial charge on any atom is -0.494 e. The highest BCUT2D eigenvalue weighted by Gasteiger charge is 2.43. The largest absolute Gasteiger partial charge is 0.494 e. The van der Waals surface area contributed by atoms with Gasteiger partial charge in [-0.25, -0.2) is 13.2 Å². The quantitative estimate of drug-likeness (QED) is 0.607. The molecule has 4 rings (SSSR count). The first kappa shape index (κ1) is 23.2. The van der Waals surface area contributed by atoms with Crippen LogP contribution in [0.3, 0.4) is 0 Å². The lowest BCUT2D eigenvalue weighted by Gasteiger charge is -2.42. The van der Waals surface area contributed by atoms with Crippen molar-refractivity contribution >= 4 is 17.3 Å². The number of aliphatic hydroxyl groups excluding tert-OH is 1. The number of halogens is 3. The van der Waals surface area contributed by atoms with Crippen molar-refractivity contribution in [3.63, 3.8) is 0 Å². The van der Waals surface area contributed by atoms with Crippen LogP contribution < -0.4 is 19.7 Å². The number of anilines is 2. The van der Waals surface area contributed by atoms with Gasteiger partial charge in [-0.2, -0.15) is 0 Å². The van der Waals surface area contributed by atoms with E-state index in [1.807, 2.05) is 0 Å². The van der Waals surface area contributed by atoms with Gasteiger partial charge in [-0.05, 0) is 31.9 Å². The fourth-order valence-electron chi connectivity index (χ4n) is 4.19. The normalized spacial score (nSPS) is 22.5. The number of rotatable bonds is 6. The second kappa shape index (κ2) is 9.11. The van der Waals surface area contributed by atoms with Crippen molar-refractivity contribution in [2.24, 2.45) is 0 Å². The van der Waals surface area contributed by atoms with Gasteiger partial charge in [0.1, 0.15) is 41.3 Å². The van der Waals surface area contributed by atoms with Gasteiger partial charge < -0.3 is 29.9 Å². The van der Waals surface area contributed by atoms with Crippen molar-refractivity contribution in [1.82, 2.24) is 0 Å². The molecule has 1 amide bonds. The fourth-order valence-corrected chi connectivity index (χ4v) is 4.19. The summed E-state index contributed by atoms with van der Waals surface area (Å²) in [5.74, 6) is -2.18. The summed E-state index contributed by atoms with van der Waals surface area (Å²) in [6.45, 7) is 1.49. The molecule has 0 aromatic heterocycles. The molecule has 2 aromatic rings. The van der Waals surface area contributed by atoms with Gasteiger partial charge >= 0.3 is 0 Å². The Morgan fingerprint density at radius 3 is 2.55 bits per heavy atom. The van der Waals surface area contributed by atoms with Crippen molar-refractivity contribution in [2.75, 3.05) is 36.5 Å². The van der Waals surface area contributed by atoms with Gasteiger partial charge in [0.2, 0.25) is 5.91 Å². The Kier molecular flexibility index (Phi) is 6.40. The van der Waals surface area contributed by atoms with Gasteiger partial charge in [-0.1, -0.05) is 0 Å². The van der Waals surface area contributed by atoms with Crippen LogP contribution >= 0.6 is 0 Å². The third-order valence-corrected chi connectivity index (χ3v) is 6.01. The highest BCUT2D eigenvalue weighted by molar-refractivity contribution is 5.94. The van der Waals surface area contributed by atoms with Crippen LogP contribution in [0.4, 0.5) is 24.5 Å². The molecule has 33 heavy (non-hydrogen) atoms. The summed E-state index contributed by atoms with van der Waals surface area (Å²) in [6, 6.07) is 4.71. The Balaban J connectivity index is 1.46. The number of ether oxygens (including phenoxy) is 2. The van der Waals surface area contributed by atoms with Gasteiger partial charge in [0.25, 0.3) is 0 Å². The zero-order valence-electron chi connectivity index (χ0n) is 18.0. The fraction of sp³-hybridized carbons (Fsp3) is 0.435. The summed E-state index contributed by atoms with van der Waals surface area (Å²) < 4.78 is 54.0. The molecule has 0 spiro atoms. The number of benzene rings is 2. The van der Waals surface area contributed by atoms with Crippen LogP contribution in [0.2, 0.25) is 0 Å². The third kappa shape index (κ3) is 4.58. The minimum absolute atomic E-state index is 0.0274. The highest BCUT2D eigenvalue weighted by Crippen LogP contribution is 2.36. The van der Waals surface area contributed by atoms with Gasteiger partial charge in [0.15, 0.2) is 11.6 Å². The second-order valence-corrected chi connectivity index (χ2v) is 8.22. The maximum Gasteiger partial charge on any atom is 0.224 e. The van der Waals surface area contributed by atoms with E-state index in [2.05, 4.69) is 5.32 Å². The number of carbonyl (C=O) groups is 1. The van der Waals surface area contributed by atoms with E-state index in [0.717, 1.165) is 18.2 Å². The molecule has 0 aliphatic carbocycles. The molecule has 2 heterocycles. The number of nitrogens with one attached hydrogen (secondary N) is 1. The number of fused-ring (bicyclic) bond motifs is 1. The molecule has 10 heteroatoms. The third-order valence-electron chi connectivity index (χ3n) is 6.01. The zero-order valence-corrected chi connectivity index (χ0v) is 18.0. The molecular formula is C23H25F3N2O5. The van der Waals surface area contributed by atoms with Gasteiger partial charge in [-0.3, -0.25) is 4.79 Å². The summed E-state index contributed by atoms with van der Waals surface area (Å²) in [6.07, 6.45) is -0.944. The maximum absolute atomic E-state index is 14.5. The number of piperidine rings is 1. The lowest BCUT2D eigenvalue weighted by atomic mass is 9.89. The second-order valence-electron chi connectivity index (χ2n) is 8.22. The topological polar surface area (TPSA) is 91.3 Å². The number of hydrogen-bond acceptors (Lipinski definition) is 6. The molecular weight excluding hydrogens is 441 g/mol. The molecule has 2 aliphatic rings. The summed E-state index contributed by atoms with van der Waals surface area (Å²) in [7, 11) is 0. The average Bonchev–Trinajstić information content (AvgIpc) is 2.76. The first-order valence-electron chi connectivity index (χ1n) is 10.7. The van der Waals surface area contributed by atoms with E-state index in [-0.39, 0.29) is 74.3 Å².